The van der Waals surface area contributed by atoms with Crippen molar-refractivity contribution in [3.63, 3.8) is 0 Å². The molecule has 1 aliphatic heterocycles. The molecule has 22 heavy (non-hydrogen) atoms. The molecule has 0 spiro atoms. The molecule has 5 heteroatoms. The fourth-order valence-electron chi connectivity index (χ4n) is 3.99. The van der Waals surface area contributed by atoms with E-state index in [9.17, 15) is 9.59 Å². The number of carbonyl (C=O) groups is 2. The SMILES string of the molecule is Cc1ccc(NCN2C(=O)[C@@H]3[C@H](C2=O)[C@@H]2C=C[C@H]3C2)cc1Cl. The lowest BCUT2D eigenvalue weighted by Crippen LogP contribution is -2.37. The van der Waals surface area contributed by atoms with Crippen LogP contribution >= 0.6 is 11.6 Å². The van der Waals surface area contributed by atoms with Gasteiger partial charge in [-0.05, 0) is 42.9 Å². The summed E-state index contributed by atoms with van der Waals surface area (Å²) in [6, 6.07) is 5.63. The highest BCUT2D eigenvalue weighted by Gasteiger charge is 2.59. The normalized spacial score (nSPS) is 32.0. The third-order valence-corrected chi connectivity index (χ3v) is 5.58. The van der Waals surface area contributed by atoms with Gasteiger partial charge < -0.3 is 5.32 Å². The third-order valence-electron chi connectivity index (χ3n) is 5.17. The minimum absolute atomic E-state index is 0.0300. The van der Waals surface area contributed by atoms with E-state index in [4.69, 9.17) is 11.6 Å². The Labute approximate surface area is 134 Å². The minimum Gasteiger partial charge on any atom is -0.367 e. The van der Waals surface area contributed by atoms with Gasteiger partial charge in [0, 0.05) is 10.7 Å². The number of benzene rings is 1. The first-order valence-corrected chi connectivity index (χ1v) is 7.97. The Hall–Kier alpha value is -1.81. The predicted octanol–water partition coefficient (Wildman–Crippen LogP) is 2.82. The number of hydrogen-bond acceptors (Lipinski definition) is 3. The van der Waals surface area contributed by atoms with E-state index < -0.39 is 0 Å². The monoisotopic (exact) mass is 316 g/mol. The highest BCUT2D eigenvalue weighted by Crippen LogP contribution is 2.52. The highest BCUT2D eigenvalue weighted by atomic mass is 35.5. The number of allylic oxidation sites excluding steroid dienone is 2. The van der Waals surface area contributed by atoms with Gasteiger partial charge in [-0.1, -0.05) is 29.8 Å². The first kappa shape index (κ1) is 13.8. The topological polar surface area (TPSA) is 49.4 Å². The van der Waals surface area contributed by atoms with Crippen LogP contribution in [0, 0.1) is 30.6 Å². The van der Waals surface area contributed by atoms with Crippen LogP contribution in [-0.2, 0) is 9.59 Å². The highest BCUT2D eigenvalue weighted by molar-refractivity contribution is 6.31. The fraction of sp³-hybridized carbons (Fsp3) is 0.412. The van der Waals surface area contributed by atoms with Crippen LogP contribution in [0.25, 0.3) is 0 Å². The van der Waals surface area contributed by atoms with Gasteiger partial charge in [-0.2, -0.15) is 0 Å². The maximum absolute atomic E-state index is 12.5. The molecule has 114 valence electrons. The van der Waals surface area contributed by atoms with Gasteiger partial charge in [-0.3, -0.25) is 14.5 Å². The van der Waals surface area contributed by atoms with Crippen LogP contribution in [0.15, 0.2) is 30.4 Å². The van der Waals surface area contributed by atoms with Gasteiger partial charge in [0.1, 0.15) is 0 Å². The Morgan fingerprint density at radius 1 is 1.18 bits per heavy atom. The number of carbonyl (C=O) groups excluding carboxylic acids is 2. The number of imide groups is 1. The van der Waals surface area contributed by atoms with Crippen molar-refractivity contribution in [3.8, 4) is 0 Å². The van der Waals surface area contributed by atoms with Crippen molar-refractivity contribution in [2.45, 2.75) is 13.3 Å². The van der Waals surface area contributed by atoms with Crippen molar-refractivity contribution in [1.82, 2.24) is 4.90 Å². The fourth-order valence-corrected chi connectivity index (χ4v) is 4.17. The summed E-state index contributed by atoms with van der Waals surface area (Å²) in [6.45, 7) is 2.15. The average Bonchev–Trinajstić information content (AvgIpc) is 3.16. The van der Waals surface area contributed by atoms with E-state index in [2.05, 4.69) is 17.5 Å². The first-order valence-electron chi connectivity index (χ1n) is 7.60. The molecule has 1 aromatic rings. The van der Waals surface area contributed by atoms with E-state index in [0.29, 0.717) is 5.02 Å². The maximum atomic E-state index is 12.5. The number of halogens is 1. The molecule has 2 aliphatic carbocycles. The molecule has 1 saturated heterocycles. The minimum atomic E-state index is -0.133. The molecule has 4 rings (SSSR count). The summed E-state index contributed by atoms with van der Waals surface area (Å²) >= 11 is 6.10. The van der Waals surface area contributed by atoms with E-state index in [1.807, 2.05) is 25.1 Å². The number of hydrogen-bond donors (Lipinski definition) is 1. The molecule has 2 fully saturated rings. The second-order valence-electron chi connectivity index (χ2n) is 6.40. The summed E-state index contributed by atoms with van der Waals surface area (Å²) in [6.07, 6.45) is 5.17. The van der Waals surface area contributed by atoms with Crippen LogP contribution in [0.2, 0.25) is 5.02 Å². The number of likely N-dealkylation sites (tertiary alicyclic amines) is 1. The molecule has 0 aromatic heterocycles. The predicted molar refractivity (Wildman–Crippen MR) is 84.2 cm³/mol. The molecule has 2 amide bonds. The van der Waals surface area contributed by atoms with Crippen molar-refractivity contribution in [3.05, 3.63) is 40.9 Å². The van der Waals surface area contributed by atoms with E-state index in [1.165, 1.54) is 4.90 Å². The Balaban J connectivity index is 1.49. The van der Waals surface area contributed by atoms with Crippen molar-refractivity contribution in [2.75, 3.05) is 12.0 Å². The van der Waals surface area contributed by atoms with Crippen LogP contribution in [-0.4, -0.2) is 23.4 Å². The lowest BCUT2D eigenvalue weighted by molar-refractivity contribution is -0.140. The second-order valence-corrected chi connectivity index (χ2v) is 6.81. The van der Waals surface area contributed by atoms with E-state index in [0.717, 1.165) is 17.7 Å². The number of amides is 2. The van der Waals surface area contributed by atoms with Crippen LogP contribution in [0.4, 0.5) is 5.69 Å². The third kappa shape index (κ3) is 1.90. The number of rotatable bonds is 3. The number of fused-ring (bicyclic) bond motifs is 5. The van der Waals surface area contributed by atoms with Crippen molar-refractivity contribution in [2.24, 2.45) is 23.7 Å². The maximum Gasteiger partial charge on any atom is 0.235 e. The molecular weight excluding hydrogens is 300 g/mol. The van der Waals surface area contributed by atoms with E-state index in [-0.39, 0.29) is 42.2 Å². The quantitative estimate of drug-likeness (QED) is 0.689. The molecule has 3 aliphatic rings. The number of nitrogens with one attached hydrogen (secondary N) is 1. The molecular formula is C17H17ClN2O2. The molecule has 4 atom stereocenters. The van der Waals surface area contributed by atoms with Crippen LogP contribution in [0.1, 0.15) is 12.0 Å². The summed E-state index contributed by atoms with van der Waals surface area (Å²) < 4.78 is 0. The molecule has 1 heterocycles. The molecule has 1 N–H and O–H groups in total. The van der Waals surface area contributed by atoms with Gasteiger partial charge >= 0.3 is 0 Å². The average molecular weight is 317 g/mol. The zero-order chi connectivity index (χ0) is 15.4. The summed E-state index contributed by atoms with van der Waals surface area (Å²) in [5, 5.41) is 3.80. The Morgan fingerprint density at radius 2 is 1.82 bits per heavy atom. The lowest BCUT2D eigenvalue weighted by atomic mass is 9.85. The van der Waals surface area contributed by atoms with Gasteiger partial charge in [0.2, 0.25) is 11.8 Å². The van der Waals surface area contributed by atoms with Crippen LogP contribution in [0.3, 0.4) is 0 Å². The molecule has 0 unspecified atom stereocenters. The van der Waals surface area contributed by atoms with Crippen LogP contribution < -0.4 is 5.32 Å². The van der Waals surface area contributed by atoms with E-state index >= 15 is 0 Å². The van der Waals surface area contributed by atoms with Crippen molar-refractivity contribution >= 4 is 29.1 Å². The number of aryl methyl sites for hydroxylation is 1. The largest absolute Gasteiger partial charge is 0.367 e. The second kappa shape index (κ2) is 4.85. The Bertz CT molecular complexity index is 670. The van der Waals surface area contributed by atoms with Gasteiger partial charge in [-0.25, -0.2) is 0 Å². The van der Waals surface area contributed by atoms with Gasteiger partial charge in [0.15, 0.2) is 0 Å². The Morgan fingerprint density at radius 3 is 2.41 bits per heavy atom. The summed E-state index contributed by atoms with van der Waals surface area (Å²) in [7, 11) is 0. The lowest BCUT2D eigenvalue weighted by Gasteiger charge is -2.18. The molecule has 4 nitrogen and oxygen atoms in total. The molecule has 1 saturated carbocycles. The number of anilines is 1. The standard InChI is InChI=1S/C17H17ClN2O2/c1-9-2-5-12(7-13(9)18)19-8-20-16(21)14-10-3-4-11(6-10)15(14)17(20)22/h2-5,7,10-11,14-15,19H,6,8H2,1H3/t10-,11+,14-,15+. The van der Waals surface area contributed by atoms with E-state index in [1.54, 1.807) is 0 Å². The van der Waals surface area contributed by atoms with Gasteiger partial charge in [-0.15, -0.1) is 0 Å². The zero-order valence-electron chi connectivity index (χ0n) is 12.3. The zero-order valence-corrected chi connectivity index (χ0v) is 13.0. The molecule has 0 radical (unpaired) electrons. The molecule has 2 bridgehead atoms. The van der Waals surface area contributed by atoms with Crippen LogP contribution in [0.5, 0.6) is 0 Å². The van der Waals surface area contributed by atoms with Crippen molar-refractivity contribution in [1.29, 1.82) is 0 Å². The summed E-state index contributed by atoms with van der Waals surface area (Å²) in [5.41, 5.74) is 1.81. The molecule has 1 aromatic carbocycles. The van der Waals surface area contributed by atoms with Gasteiger partial charge in [0.25, 0.3) is 0 Å². The van der Waals surface area contributed by atoms with Gasteiger partial charge in [0.05, 0.1) is 18.5 Å². The Kier molecular flexibility index (Phi) is 3.05. The van der Waals surface area contributed by atoms with Crippen molar-refractivity contribution < 1.29 is 9.59 Å². The summed E-state index contributed by atoms with van der Waals surface area (Å²) in [5.74, 6) is 0.183. The number of nitrogens with zero attached hydrogens (tertiary/aromatic N) is 1. The smallest absolute Gasteiger partial charge is 0.235 e. The summed E-state index contributed by atoms with van der Waals surface area (Å²) in [4.78, 5) is 26.4. The first-order chi connectivity index (χ1) is 10.6.